The minimum atomic E-state index is -0.103. The third-order valence-electron chi connectivity index (χ3n) is 5.70. The van der Waals surface area contributed by atoms with Crippen molar-refractivity contribution >= 4 is 34.7 Å². The van der Waals surface area contributed by atoms with Crippen LogP contribution in [0.3, 0.4) is 0 Å². The van der Waals surface area contributed by atoms with Gasteiger partial charge in [-0.3, -0.25) is 9.59 Å². The van der Waals surface area contributed by atoms with Crippen LogP contribution in [0.1, 0.15) is 25.7 Å². The summed E-state index contributed by atoms with van der Waals surface area (Å²) >= 11 is 0. The van der Waals surface area contributed by atoms with Gasteiger partial charge in [0.2, 0.25) is 11.8 Å². The zero-order valence-corrected chi connectivity index (χ0v) is 16.4. The summed E-state index contributed by atoms with van der Waals surface area (Å²) in [6, 6.07) is 11.4. The summed E-state index contributed by atoms with van der Waals surface area (Å²) in [5, 5.41) is 5.83. The molecule has 5 rings (SSSR count). The van der Waals surface area contributed by atoms with Crippen LogP contribution in [0.25, 0.3) is 11.3 Å². The van der Waals surface area contributed by atoms with E-state index >= 15 is 0 Å². The van der Waals surface area contributed by atoms with Gasteiger partial charge in [-0.2, -0.15) is 0 Å². The molecule has 4 aromatic heterocycles. The molecule has 0 aliphatic heterocycles. The molecule has 1 saturated carbocycles. The summed E-state index contributed by atoms with van der Waals surface area (Å²) in [5.41, 5.74) is 1.58. The molecule has 8 nitrogen and oxygen atoms in total. The molecular formula is C22H22N6O2. The largest absolute Gasteiger partial charge is 0.309 e. The molecule has 0 saturated heterocycles. The summed E-state index contributed by atoms with van der Waals surface area (Å²) in [5.74, 6) is 0.842. The van der Waals surface area contributed by atoms with Crippen LogP contribution in [0.5, 0.6) is 0 Å². The van der Waals surface area contributed by atoms with Crippen LogP contribution in [0.2, 0.25) is 0 Å². The second kappa shape index (κ2) is 7.62. The quantitative estimate of drug-likeness (QED) is 0.547. The minimum Gasteiger partial charge on any atom is -0.309 e. The third-order valence-corrected chi connectivity index (χ3v) is 5.70. The molecule has 8 heteroatoms. The number of hydrogen-bond acceptors (Lipinski definition) is 4. The van der Waals surface area contributed by atoms with E-state index in [1.807, 2.05) is 57.6 Å². The predicted octanol–water partition coefficient (Wildman–Crippen LogP) is 3.37. The second-order valence-electron chi connectivity index (χ2n) is 7.71. The molecule has 2 amide bonds. The Hall–Kier alpha value is -3.68. The number of nitrogens with zero attached hydrogens (tertiary/aromatic N) is 4. The van der Waals surface area contributed by atoms with Crippen LogP contribution in [0, 0.1) is 11.8 Å². The summed E-state index contributed by atoms with van der Waals surface area (Å²) in [6.07, 6.45) is 10.1. The monoisotopic (exact) mass is 402 g/mol. The first-order chi connectivity index (χ1) is 14.7. The molecule has 1 aliphatic rings. The Kier molecular flexibility index (Phi) is 4.66. The van der Waals surface area contributed by atoms with Gasteiger partial charge in [0.15, 0.2) is 11.6 Å². The van der Waals surface area contributed by atoms with Gasteiger partial charge < -0.3 is 19.4 Å². The Morgan fingerprint density at radius 3 is 1.57 bits per heavy atom. The van der Waals surface area contributed by atoms with E-state index in [4.69, 9.17) is 0 Å². The molecular weight excluding hydrogens is 380 g/mol. The lowest BCUT2D eigenvalue weighted by Crippen LogP contribution is -2.32. The summed E-state index contributed by atoms with van der Waals surface area (Å²) in [6.45, 7) is 0. The van der Waals surface area contributed by atoms with E-state index in [1.165, 1.54) is 0 Å². The van der Waals surface area contributed by atoms with Crippen LogP contribution < -0.4 is 10.6 Å². The van der Waals surface area contributed by atoms with Gasteiger partial charge in [0.1, 0.15) is 11.3 Å². The van der Waals surface area contributed by atoms with Crippen molar-refractivity contribution in [3.63, 3.8) is 0 Å². The first-order valence-electron chi connectivity index (χ1n) is 10.1. The average Bonchev–Trinajstić information content (AvgIpc) is 3.36. The highest BCUT2D eigenvalue weighted by molar-refractivity contribution is 5.94. The van der Waals surface area contributed by atoms with Crippen LogP contribution in [0.4, 0.5) is 11.6 Å². The van der Waals surface area contributed by atoms with E-state index in [1.54, 1.807) is 12.4 Å². The lowest BCUT2D eigenvalue weighted by atomic mass is 9.81. The maximum atomic E-state index is 12.6. The average molecular weight is 402 g/mol. The highest BCUT2D eigenvalue weighted by atomic mass is 16.2. The van der Waals surface area contributed by atoms with Crippen molar-refractivity contribution in [2.24, 2.45) is 11.8 Å². The molecule has 0 spiro atoms. The van der Waals surface area contributed by atoms with Crippen LogP contribution in [-0.2, 0) is 9.59 Å². The van der Waals surface area contributed by atoms with Crippen LogP contribution in [0.15, 0.2) is 61.2 Å². The molecule has 0 bridgehead atoms. The number of nitrogens with one attached hydrogen (secondary N) is 2. The molecule has 2 N–H and O–H groups in total. The van der Waals surface area contributed by atoms with E-state index in [9.17, 15) is 9.59 Å². The SMILES string of the molecule is O=C(Nc1cn2ccccc2n1)C1CCC(C(=O)Nc2cn3ccccc3n2)CC1. The maximum absolute atomic E-state index is 12.6. The normalized spacial score (nSPS) is 19.1. The number of hydrogen-bond donors (Lipinski definition) is 2. The molecule has 1 aliphatic carbocycles. The van der Waals surface area contributed by atoms with E-state index in [2.05, 4.69) is 20.6 Å². The number of imidazole rings is 2. The topological polar surface area (TPSA) is 92.8 Å². The van der Waals surface area contributed by atoms with Gasteiger partial charge in [0.25, 0.3) is 0 Å². The number of fused-ring (bicyclic) bond motifs is 2. The molecule has 0 aromatic carbocycles. The Bertz CT molecular complexity index is 1060. The number of pyridine rings is 2. The summed E-state index contributed by atoms with van der Waals surface area (Å²) in [4.78, 5) is 34.1. The molecule has 0 atom stereocenters. The lowest BCUT2D eigenvalue weighted by Gasteiger charge is -2.26. The highest BCUT2D eigenvalue weighted by Gasteiger charge is 2.30. The maximum Gasteiger partial charge on any atom is 0.228 e. The highest BCUT2D eigenvalue weighted by Crippen LogP contribution is 2.30. The first kappa shape index (κ1) is 18.4. The molecule has 4 heterocycles. The fourth-order valence-corrected chi connectivity index (χ4v) is 4.06. The molecule has 30 heavy (non-hydrogen) atoms. The Balaban J connectivity index is 1.16. The minimum absolute atomic E-state index is 0.0300. The van der Waals surface area contributed by atoms with Gasteiger partial charge >= 0.3 is 0 Å². The van der Waals surface area contributed by atoms with Gasteiger partial charge in [0.05, 0.1) is 12.4 Å². The van der Waals surface area contributed by atoms with E-state index < -0.39 is 0 Å². The molecule has 1 fully saturated rings. The van der Waals surface area contributed by atoms with Crippen LogP contribution in [-0.4, -0.2) is 30.6 Å². The Morgan fingerprint density at radius 2 is 1.17 bits per heavy atom. The zero-order chi connectivity index (χ0) is 20.5. The number of anilines is 2. The summed E-state index contributed by atoms with van der Waals surface area (Å²) in [7, 11) is 0. The van der Waals surface area contributed by atoms with E-state index in [0.717, 1.165) is 11.3 Å². The van der Waals surface area contributed by atoms with Crippen molar-refractivity contribution in [1.29, 1.82) is 0 Å². The van der Waals surface area contributed by atoms with Gasteiger partial charge in [-0.25, -0.2) is 9.97 Å². The van der Waals surface area contributed by atoms with Crippen LogP contribution >= 0.6 is 0 Å². The number of rotatable bonds is 4. The fourth-order valence-electron chi connectivity index (χ4n) is 4.06. The third kappa shape index (κ3) is 3.63. The zero-order valence-electron chi connectivity index (χ0n) is 16.4. The van der Waals surface area contributed by atoms with Gasteiger partial charge in [-0.1, -0.05) is 12.1 Å². The van der Waals surface area contributed by atoms with Crippen molar-refractivity contribution in [2.45, 2.75) is 25.7 Å². The van der Waals surface area contributed by atoms with E-state index in [-0.39, 0.29) is 23.7 Å². The van der Waals surface area contributed by atoms with Crippen molar-refractivity contribution in [3.05, 3.63) is 61.2 Å². The number of carbonyl (C=O) groups excluding carboxylic acids is 2. The molecule has 0 unspecified atom stereocenters. The Morgan fingerprint density at radius 1 is 0.733 bits per heavy atom. The number of amides is 2. The first-order valence-corrected chi connectivity index (χ1v) is 10.1. The van der Waals surface area contributed by atoms with Crippen molar-refractivity contribution in [3.8, 4) is 0 Å². The molecule has 4 aromatic rings. The standard InChI is InChI=1S/C22H22N6O2/c29-21(25-17-13-27-11-3-1-5-19(27)23-17)15-7-9-16(10-8-15)22(30)26-18-14-28-12-4-2-6-20(28)24-18/h1-6,11-16H,7-10H2,(H,25,29)(H,26,30). The Labute approximate surface area is 173 Å². The van der Waals surface area contributed by atoms with Gasteiger partial charge in [-0.05, 0) is 49.9 Å². The molecule has 152 valence electrons. The van der Waals surface area contributed by atoms with E-state index in [0.29, 0.717) is 37.3 Å². The van der Waals surface area contributed by atoms with Crippen molar-refractivity contribution in [1.82, 2.24) is 18.8 Å². The summed E-state index contributed by atoms with van der Waals surface area (Å²) < 4.78 is 3.74. The smallest absolute Gasteiger partial charge is 0.228 e. The second-order valence-corrected chi connectivity index (χ2v) is 7.71. The number of aromatic nitrogens is 4. The lowest BCUT2D eigenvalue weighted by molar-refractivity contribution is -0.125. The number of carbonyl (C=O) groups is 2. The van der Waals surface area contributed by atoms with Gasteiger partial charge in [-0.15, -0.1) is 0 Å². The fraction of sp³-hybridized carbons (Fsp3) is 0.273. The van der Waals surface area contributed by atoms with Crippen molar-refractivity contribution in [2.75, 3.05) is 10.6 Å². The predicted molar refractivity (Wildman–Crippen MR) is 113 cm³/mol. The van der Waals surface area contributed by atoms with Crippen molar-refractivity contribution < 1.29 is 9.59 Å². The van der Waals surface area contributed by atoms with Gasteiger partial charge in [0, 0.05) is 24.2 Å². The molecule has 0 radical (unpaired) electrons.